The molecule has 72 valence electrons. The Morgan fingerprint density at radius 3 is 2.17 bits per heavy atom. The molecule has 2 N–H and O–H groups in total. The highest BCUT2D eigenvalue weighted by molar-refractivity contribution is 5.62. The van der Waals surface area contributed by atoms with Gasteiger partial charge in [-0.25, -0.2) is 8.78 Å². The molecule has 12 heavy (non-hydrogen) atoms. The number of rotatable bonds is 0. The molecule has 0 aliphatic carbocycles. The second kappa shape index (κ2) is 4.35. The zero-order chi connectivity index (χ0) is 9.78. The first-order valence-electron chi connectivity index (χ1n) is 3.64. The third-order valence-corrected chi connectivity index (χ3v) is 1.31. The van der Waals surface area contributed by atoms with Crippen LogP contribution in [0.3, 0.4) is 0 Å². The lowest BCUT2D eigenvalue weighted by molar-refractivity contribution is -0.134. The van der Waals surface area contributed by atoms with E-state index in [1.165, 1.54) is 0 Å². The van der Waals surface area contributed by atoms with E-state index in [2.05, 4.69) is 5.32 Å². The van der Waals surface area contributed by atoms with E-state index in [0.29, 0.717) is 0 Å². The zero-order valence-electron chi connectivity index (χ0n) is 7.10. The maximum absolute atomic E-state index is 12.1. The maximum atomic E-state index is 12.1. The van der Waals surface area contributed by atoms with Crippen LogP contribution in [0, 0.1) is 0 Å². The number of carboxylic acids is 1. The highest BCUT2D eigenvalue weighted by Crippen LogP contribution is 2.24. The van der Waals surface area contributed by atoms with Crippen molar-refractivity contribution < 1.29 is 18.7 Å². The molecule has 1 aliphatic rings. The molecule has 0 bridgehead atoms. The van der Waals surface area contributed by atoms with E-state index >= 15 is 0 Å². The molecule has 0 saturated carbocycles. The van der Waals surface area contributed by atoms with Crippen molar-refractivity contribution >= 4 is 5.97 Å². The van der Waals surface area contributed by atoms with Crippen LogP contribution in [0.4, 0.5) is 8.78 Å². The van der Waals surface area contributed by atoms with E-state index in [-0.39, 0.29) is 19.0 Å². The highest BCUT2D eigenvalue weighted by atomic mass is 19.3. The van der Waals surface area contributed by atoms with Crippen molar-refractivity contribution in [3.8, 4) is 0 Å². The number of alkyl halides is 2. The lowest BCUT2D eigenvalue weighted by atomic mass is 10.2. The molecule has 1 rings (SSSR count). The molecule has 1 heterocycles. The van der Waals surface area contributed by atoms with Gasteiger partial charge in [-0.15, -0.1) is 0 Å². The Kier molecular flexibility index (Phi) is 4.09. The third kappa shape index (κ3) is 6.03. The summed E-state index contributed by atoms with van der Waals surface area (Å²) in [6, 6.07) is -0.00926. The van der Waals surface area contributed by atoms with E-state index < -0.39 is 11.9 Å². The average molecular weight is 181 g/mol. The summed E-state index contributed by atoms with van der Waals surface area (Å²) in [6.07, 6.45) is -0.00694. The van der Waals surface area contributed by atoms with E-state index in [0.717, 1.165) is 6.92 Å². The van der Waals surface area contributed by atoms with Gasteiger partial charge in [-0.2, -0.15) is 0 Å². The number of carboxylic acid groups (broad SMARTS) is 1. The second-order valence-electron chi connectivity index (χ2n) is 2.86. The molecule has 0 amide bonds. The lowest BCUT2D eigenvalue weighted by Crippen LogP contribution is -2.20. The fraction of sp³-hybridized carbons (Fsp3) is 0.857. The van der Waals surface area contributed by atoms with Crippen LogP contribution in [0.25, 0.3) is 0 Å². The van der Waals surface area contributed by atoms with Gasteiger partial charge in [-0.1, -0.05) is 0 Å². The van der Waals surface area contributed by atoms with E-state index in [9.17, 15) is 8.78 Å². The number of aliphatic carboxylic acids is 1. The average Bonchev–Trinajstić information content (AvgIpc) is 2.07. The van der Waals surface area contributed by atoms with Gasteiger partial charge in [0.1, 0.15) is 0 Å². The highest BCUT2D eigenvalue weighted by Gasteiger charge is 2.36. The molecule has 5 heteroatoms. The monoisotopic (exact) mass is 181 g/mol. The molecule has 1 saturated heterocycles. The molecule has 1 atom stereocenters. The van der Waals surface area contributed by atoms with Gasteiger partial charge in [0.15, 0.2) is 0 Å². The minimum absolute atomic E-state index is 0.00694. The van der Waals surface area contributed by atoms with Crippen molar-refractivity contribution in [2.24, 2.45) is 0 Å². The largest absolute Gasteiger partial charge is 0.481 e. The van der Waals surface area contributed by atoms with Crippen LogP contribution in [0.15, 0.2) is 0 Å². The van der Waals surface area contributed by atoms with Crippen LogP contribution in [-0.2, 0) is 4.79 Å². The fourth-order valence-electron chi connectivity index (χ4n) is 0.916. The molecule has 0 aromatic heterocycles. The van der Waals surface area contributed by atoms with Gasteiger partial charge in [-0.05, 0) is 6.92 Å². The standard InChI is InChI=1S/C5H9F2N.C2H4O2/c1-4-2-5(6,7)3-8-4;1-2(3)4/h4,8H,2-3H2,1H3;1H3,(H,3,4). The Bertz CT molecular complexity index is 157. The van der Waals surface area contributed by atoms with Gasteiger partial charge in [0.25, 0.3) is 11.9 Å². The van der Waals surface area contributed by atoms with Crippen molar-refractivity contribution in [1.29, 1.82) is 0 Å². The molecule has 0 radical (unpaired) electrons. The maximum Gasteiger partial charge on any atom is 0.300 e. The van der Waals surface area contributed by atoms with Crippen molar-refractivity contribution in [2.75, 3.05) is 6.54 Å². The Labute approximate surface area is 69.8 Å². The second-order valence-corrected chi connectivity index (χ2v) is 2.86. The summed E-state index contributed by atoms with van der Waals surface area (Å²) in [4.78, 5) is 9.00. The number of carbonyl (C=O) groups is 1. The molecule has 1 aliphatic heterocycles. The predicted octanol–water partition coefficient (Wildman–Crippen LogP) is 1.09. The van der Waals surface area contributed by atoms with Gasteiger partial charge >= 0.3 is 0 Å². The molecule has 0 aromatic carbocycles. The quantitative estimate of drug-likeness (QED) is 0.588. The molecule has 3 nitrogen and oxygen atoms in total. The zero-order valence-corrected chi connectivity index (χ0v) is 7.10. The Balaban J connectivity index is 0.000000261. The van der Waals surface area contributed by atoms with Gasteiger partial charge in [0.2, 0.25) is 0 Å². The fourth-order valence-corrected chi connectivity index (χ4v) is 0.916. The summed E-state index contributed by atoms with van der Waals surface area (Å²) in [5.74, 6) is -3.28. The van der Waals surface area contributed by atoms with Crippen LogP contribution in [-0.4, -0.2) is 29.6 Å². The number of hydrogen-bond acceptors (Lipinski definition) is 2. The summed E-state index contributed by atoms with van der Waals surface area (Å²) < 4.78 is 24.3. The van der Waals surface area contributed by atoms with Crippen LogP contribution < -0.4 is 5.32 Å². The van der Waals surface area contributed by atoms with Crippen molar-refractivity contribution in [2.45, 2.75) is 32.2 Å². The first-order chi connectivity index (χ1) is 5.33. The van der Waals surface area contributed by atoms with Gasteiger partial charge in [0, 0.05) is 19.4 Å². The van der Waals surface area contributed by atoms with Crippen molar-refractivity contribution in [3.63, 3.8) is 0 Å². The van der Waals surface area contributed by atoms with Crippen molar-refractivity contribution in [3.05, 3.63) is 0 Å². The molecule has 0 spiro atoms. The molecule has 0 aromatic rings. The Morgan fingerprint density at radius 2 is 2.08 bits per heavy atom. The molecular formula is C7H13F2NO2. The van der Waals surface area contributed by atoms with Crippen LogP contribution in [0.1, 0.15) is 20.3 Å². The Morgan fingerprint density at radius 1 is 1.67 bits per heavy atom. The Hall–Kier alpha value is -0.710. The topological polar surface area (TPSA) is 49.3 Å². The number of hydrogen-bond donors (Lipinski definition) is 2. The lowest BCUT2D eigenvalue weighted by Gasteiger charge is -2.03. The van der Waals surface area contributed by atoms with E-state index in [1.807, 2.05) is 0 Å². The smallest absolute Gasteiger partial charge is 0.300 e. The van der Waals surface area contributed by atoms with E-state index in [4.69, 9.17) is 9.90 Å². The summed E-state index contributed by atoms with van der Waals surface area (Å²) in [6.45, 7) is 2.70. The molecule has 1 fully saturated rings. The van der Waals surface area contributed by atoms with Gasteiger partial charge in [-0.3, -0.25) is 4.79 Å². The minimum Gasteiger partial charge on any atom is -0.481 e. The van der Waals surface area contributed by atoms with Crippen LogP contribution in [0.5, 0.6) is 0 Å². The molecule has 1 unspecified atom stereocenters. The van der Waals surface area contributed by atoms with Crippen molar-refractivity contribution in [1.82, 2.24) is 5.32 Å². The van der Waals surface area contributed by atoms with Gasteiger partial charge in [0.05, 0.1) is 6.54 Å². The van der Waals surface area contributed by atoms with Gasteiger partial charge < -0.3 is 10.4 Å². The van der Waals surface area contributed by atoms with E-state index in [1.54, 1.807) is 6.92 Å². The summed E-state index contributed by atoms with van der Waals surface area (Å²) >= 11 is 0. The SMILES string of the molecule is CC(=O)O.CC1CC(F)(F)CN1. The van der Waals surface area contributed by atoms with Crippen LogP contribution >= 0.6 is 0 Å². The summed E-state index contributed by atoms with van der Waals surface area (Å²) in [7, 11) is 0. The normalized spacial score (nSPS) is 25.8. The molecular weight excluding hydrogens is 168 g/mol. The summed E-state index contributed by atoms with van der Waals surface area (Å²) in [5, 5.41) is 10.1. The first kappa shape index (κ1) is 11.3. The predicted molar refractivity (Wildman–Crippen MR) is 40.3 cm³/mol. The minimum atomic E-state index is -2.45. The number of halogens is 2. The van der Waals surface area contributed by atoms with Crippen LogP contribution in [0.2, 0.25) is 0 Å². The number of nitrogens with one attached hydrogen (secondary N) is 1. The summed E-state index contributed by atoms with van der Waals surface area (Å²) in [5.41, 5.74) is 0. The first-order valence-corrected chi connectivity index (χ1v) is 3.64. The third-order valence-electron chi connectivity index (χ3n) is 1.31.